The summed E-state index contributed by atoms with van der Waals surface area (Å²) in [7, 11) is 0. The van der Waals surface area contributed by atoms with Gasteiger partial charge in [0, 0.05) is 24.3 Å². The Bertz CT molecular complexity index is 1020. The van der Waals surface area contributed by atoms with Crippen LogP contribution >= 0.6 is 15.9 Å². The molecule has 6 heteroatoms. The van der Waals surface area contributed by atoms with Crippen molar-refractivity contribution in [3.05, 3.63) is 88.4 Å². The molecule has 0 aromatic heterocycles. The Morgan fingerprint density at radius 1 is 1.03 bits per heavy atom. The van der Waals surface area contributed by atoms with Gasteiger partial charge < -0.3 is 19.5 Å². The number of amides is 1. The molecule has 166 valence electrons. The van der Waals surface area contributed by atoms with Crippen molar-refractivity contribution in [3.63, 3.8) is 0 Å². The van der Waals surface area contributed by atoms with Gasteiger partial charge >= 0.3 is 0 Å². The Balaban J connectivity index is 1.27. The molecule has 1 heterocycles. The summed E-state index contributed by atoms with van der Waals surface area (Å²) in [5.41, 5.74) is 2.50. The van der Waals surface area contributed by atoms with Crippen LogP contribution in [0.2, 0.25) is 0 Å². The maximum Gasteiger partial charge on any atom is 0.255 e. The normalized spacial score (nSPS) is 15.3. The van der Waals surface area contributed by atoms with E-state index in [0.717, 1.165) is 36.1 Å². The second-order valence-corrected chi connectivity index (χ2v) is 8.51. The van der Waals surface area contributed by atoms with E-state index in [1.807, 2.05) is 42.5 Å². The lowest BCUT2D eigenvalue weighted by molar-refractivity contribution is 0.0677. The number of carbonyl (C=O) groups excluding carboxylic acids is 1. The number of nitrogens with one attached hydrogen (secondary N) is 1. The Morgan fingerprint density at radius 2 is 1.84 bits per heavy atom. The fraction of sp³-hybridized carbons (Fsp3) is 0.269. The molecule has 1 aliphatic heterocycles. The lowest BCUT2D eigenvalue weighted by Gasteiger charge is -2.13. The molecular weight excluding hydrogens is 470 g/mol. The van der Waals surface area contributed by atoms with E-state index in [2.05, 4.69) is 33.4 Å². The molecular formula is C26H26BrNO4. The van der Waals surface area contributed by atoms with Crippen molar-refractivity contribution in [2.45, 2.75) is 25.4 Å². The molecule has 0 radical (unpaired) electrons. The van der Waals surface area contributed by atoms with Gasteiger partial charge in [0.15, 0.2) is 0 Å². The summed E-state index contributed by atoms with van der Waals surface area (Å²) >= 11 is 3.50. The molecule has 1 atom stereocenters. The van der Waals surface area contributed by atoms with Crippen molar-refractivity contribution in [1.29, 1.82) is 0 Å². The minimum absolute atomic E-state index is 0.148. The quantitative estimate of drug-likeness (QED) is 0.402. The highest BCUT2D eigenvalue weighted by Crippen LogP contribution is 2.27. The van der Waals surface area contributed by atoms with Crippen LogP contribution in [0.3, 0.4) is 0 Å². The zero-order valence-corrected chi connectivity index (χ0v) is 19.3. The van der Waals surface area contributed by atoms with E-state index in [1.165, 1.54) is 5.56 Å². The largest absolute Gasteiger partial charge is 0.493 e. The van der Waals surface area contributed by atoms with Crippen LogP contribution in [0.25, 0.3) is 0 Å². The Kier molecular flexibility index (Phi) is 7.80. The number of halogens is 1. The van der Waals surface area contributed by atoms with Crippen LogP contribution in [0.4, 0.5) is 5.69 Å². The van der Waals surface area contributed by atoms with Crippen molar-refractivity contribution in [2.75, 3.05) is 25.1 Å². The highest BCUT2D eigenvalue weighted by atomic mass is 79.9. The maximum atomic E-state index is 12.6. The molecule has 1 aliphatic rings. The first-order chi connectivity index (χ1) is 15.7. The fourth-order valence-corrected chi connectivity index (χ4v) is 3.98. The Morgan fingerprint density at radius 3 is 2.56 bits per heavy atom. The van der Waals surface area contributed by atoms with Crippen molar-refractivity contribution in [1.82, 2.24) is 0 Å². The summed E-state index contributed by atoms with van der Waals surface area (Å²) in [5, 5.41) is 2.91. The minimum Gasteiger partial charge on any atom is -0.493 e. The van der Waals surface area contributed by atoms with Crippen molar-refractivity contribution in [2.24, 2.45) is 0 Å². The van der Waals surface area contributed by atoms with Gasteiger partial charge in [-0.1, -0.05) is 30.3 Å². The number of carbonyl (C=O) groups is 1. The van der Waals surface area contributed by atoms with E-state index < -0.39 is 0 Å². The monoisotopic (exact) mass is 495 g/mol. The van der Waals surface area contributed by atoms with Gasteiger partial charge in [-0.15, -0.1) is 0 Å². The topological polar surface area (TPSA) is 56.8 Å². The molecule has 3 aromatic carbocycles. The van der Waals surface area contributed by atoms with Crippen LogP contribution < -0.4 is 14.8 Å². The summed E-state index contributed by atoms with van der Waals surface area (Å²) in [5.74, 6) is 1.29. The number of hydrogen-bond donors (Lipinski definition) is 1. The number of benzene rings is 3. The van der Waals surface area contributed by atoms with Gasteiger partial charge in [-0.2, -0.15) is 0 Å². The van der Waals surface area contributed by atoms with E-state index in [4.69, 9.17) is 14.2 Å². The van der Waals surface area contributed by atoms with Gasteiger partial charge in [0.05, 0.1) is 17.2 Å². The fourth-order valence-electron chi connectivity index (χ4n) is 3.49. The van der Waals surface area contributed by atoms with Gasteiger partial charge in [0.25, 0.3) is 5.91 Å². The third-order valence-corrected chi connectivity index (χ3v) is 5.88. The summed E-state index contributed by atoms with van der Waals surface area (Å²) < 4.78 is 18.0. The summed E-state index contributed by atoms with van der Waals surface area (Å²) in [4.78, 5) is 12.6. The number of anilines is 1. The van der Waals surface area contributed by atoms with Gasteiger partial charge in [0.1, 0.15) is 18.1 Å². The summed E-state index contributed by atoms with van der Waals surface area (Å²) in [6, 6.07) is 22.9. The molecule has 1 N–H and O–H groups in total. The lowest BCUT2D eigenvalue weighted by Crippen LogP contribution is -2.16. The zero-order valence-electron chi connectivity index (χ0n) is 17.8. The van der Waals surface area contributed by atoms with Crippen LogP contribution in [-0.2, 0) is 11.2 Å². The predicted octanol–water partition coefficient (Wildman–Crippen LogP) is 5.88. The molecule has 4 rings (SSSR count). The van der Waals surface area contributed by atoms with E-state index in [-0.39, 0.29) is 12.0 Å². The van der Waals surface area contributed by atoms with E-state index in [9.17, 15) is 4.79 Å². The van der Waals surface area contributed by atoms with Crippen molar-refractivity contribution >= 4 is 27.5 Å². The summed E-state index contributed by atoms with van der Waals surface area (Å²) in [6.07, 6.45) is 3.10. The first kappa shape index (κ1) is 22.4. The van der Waals surface area contributed by atoms with Crippen LogP contribution in [0.15, 0.2) is 77.3 Å². The molecule has 0 bridgehead atoms. The molecule has 1 saturated heterocycles. The molecule has 5 nitrogen and oxygen atoms in total. The van der Waals surface area contributed by atoms with Crippen LogP contribution in [-0.4, -0.2) is 31.8 Å². The lowest BCUT2D eigenvalue weighted by atomic mass is 10.2. The Labute approximate surface area is 196 Å². The van der Waals surface area contributed by atoms with Crippen molar-refractivity contribution in [3.8, 4) is 11.5 Å². The third kappa shape index (κ3) is 6.34. The highest BCUT2D eigenvalue weighted by molar-refractivity contribution is 9.10. The molecule has 1 unspecified atom stereocenters. The third-order valence-electron chi connectivity index (χ3n) is 5.26. The van der Waals surface area contributed by atoms with Crippen LogP contribution in [0, 0.1) is 0 Å². The molecule has 32 heavy (non-hydrogen) atoms. The smallest absolute Gasteiger partial charge is 0.255 e. The molecule has 3 aromatic rings. The van der Waals surface area contributed by atoms with Gasteiger partial charge in [-0.25, -0.2) is 0 Å². The van der Waals surface area contributed by atoms with E-state index >= 15 is 0 Å². The standard InChI is InChI=1S/C26H26BrNO4/c27-24-17-20(8-13-25(24)32-18-23-7-4-15-30-23)26(29)28-21-9-11-22(12-10-21)31-16-14-19-5-2-1-3-6-19/h1-3,5-6,8-13,17,23H,4,7,14-16,18H2,(H,28,29). The molecule has 0 saturated carbocycles. The van der Waals surface area contributed by atoms with Crippen LogP contribution in [0.5, 0.6) is 11.5 Å². The SMILES string of the molecule is O=C(Nc1ccc(OCCc2ccccc2)cc1)c1ccc(OCC2CCCO2)c(Br)c1. The van der Waals surface area contributed by atoms with Crippen LogP contribution in [0.1, 0.15) is 28.8 Å². The number of rotatable bonds is 9. The average Bonchev–Trinajstić information content (AvgIpc) is 3.34. The zero-order chi connectivity index (χ0) is 22.2. The first-order valence-corrected chi connectivity index (χ1v) is 11.6. The molecule has 0 aliphatic carbocycles. The van der Waals surface area contributed by atoms with Gasteiger partial charge in [-0.05, 0) is 76.8 Å². The van der Waals surface area contributed by atoms with E-state index in [1.54, 1.807) is 18.2 Å². The highest BCUT2D eigenvalue weighted by Gasteiger charge is 2.17. The molecule has 0 spiro atoms. The Hall–Kier alpha value is -2.83. The second kappa shape index (κ2) is 11.2. The first-order valence-electron chi connectivity index (χ1n) is 10.8. The second-order valence-electron chi connectivity index (χ2n) is 7.65. The number of hydrogen-bond acceptors (Lipinski definition) is 4. The van der Waals surface area contributed by atoms with Gasteiger partial charge in [-0.3, -0.25) is 4.79 Å². The minimum atomic E-state index is -0.186. The number of ether oxygens (including phenoxy) is 3. The van der Waals surface area contributed by atoms with Gasteiger partial charge in [0.2, 0.25) is 0 Å². The van der Waals surface area contributed by atoms with Crippen molar-refractivity contribution < 1.29 is 19.0 Å². The molecule has 1 fully saturated rings. The maximum absolute atomic E-state index is 12.6. The predicted molar refractivity (Wildman–Crippen MR) is 129 cm³/mol. The average molecular weight is 496 g/mol. The summed E-state index contributed by atoms with van der Waals surface area (Å²) in [6.45, 7) is 1.92. The molecule has 1 amide bonds. The van der Waals surface area contributed by atoms with E-state index in [0.29, 0.717) is 30.2 Å².